The van der Waals surface area contributed by atoms with E-state index in [-0.39, 0.29) is 17.9 Å². The Bertz CT molecular complexity index is 528. The molecule has 1 unspecified atom stereocenters. The van der Waals surface area contributed by atoms with Crippen molar-refractivity contribution in [3.05, 3.63) is 23.8 Å². The molecule has 1 rings (SSSR count). The molecular formula is C18H30N4O2. The summed E-state index contributed by atoms with van der Waals surface area (Å²) in [7, 11) is 0. The van der Waals surface area contributed by atoms with Gasteiger partial charge in [-0.15, -0.1) is 0 Å². The molecular weight excluding hydrogens is 304 g/mol. The number of aryl methyl sites for hydroxylation is 1. The number of aromatic nitrogens is 2. The summed E-state index contributed by atoms with van der Waals surface area (Å²) in [6, 6.07) is 0.153. The lowest BCUT2D eigenvalue weighted by atomic mass is 10.1. The summed E-state index contributed by atoms with van der Waals surface area (Å²) >= 11 is 0. The lowest BCUT2D eigenvalue weighted by Crippen LogP contribution is -2.38. The van der Waals surface area contributed by atoms with Crippen LogP contribution in [0.2, 0.25) is 0 Å². The highest BCUT2D eigenvalue weighted by Crippen LogP contribution is 2.08. The van der Waals surface area contributed by atoms with E-state index in [1.807, 2.05) is 20.8 Å². The summed E-state index contributed by atoms with van der Waals surface area (Å²) in [4.78, 5) is 34.6. The molecule has 6 heteroatoms. The minimum atomic E-state index is -0.167. The molecule has 0 aliphatic heterocycles. The van der Waals surface area contributed by atoms with Crippen LogP contribution in [-0.4, -0.2) is 45.8 Å². The molecule has 1 N–H and O–H groups in total. The molecule has 1 heterocycles. The average Bonchev–Trinajstić information content (AvgIpc) is 2.54. The number of carbonyl (C=O) groups is 2. The van der Waals surface area contributed by atoms with Gasteiger partial charge in [0.25, 0.3) is 5.91 Å². The van der Waals surface area contributed by atoms with Gasteiger partial charge in [0, 0.05) is 31.7 Å². The molecule has 0 fully saturated rings. The van der Waals surface area contributed by atoms with E-state index in [0.29, 0.717) is 31.1 Å². The minimum absolute atomic E-state index is 0.0262. The second kappa shape index (κ2) is 10.0. The zero-order chi connectivity index (χ0) is 18.1. The van der Waals surface area contributed by atoms with Crippen molar-refractivity contribution >= 4 is 11.8 Å². The molecule has 0 spiro atoms. The SMILES string of the molecule is CCC(C)NC(=O)CCN(CCC(C)C)C(=O)c1cnc(C)cn1. The number of rotatable bonds is 9. The fraction of sp³-hybridized carbons (Fsp3) is 0.667. The highest BCUT2D eigenvalue weighted by molar-refractivity contribution is 5.92. The van der Waals surface area contributed by atoms with Crippen LogP contribution < -0.4 is 5.32 Å². The Morgan fingerprint density at radius 3 is 2.42 bits per heavy atom. The van der Waals surface area contributed by atoms with Gasteiger partial charge in [0.15, 0.2) is 0 Å². The van der Waals surface area contributed by atoms with Crippen LogP contribution in [0.15, 0.2) is 12.4 Å². The van der Waals surface area contributed by atoms with Gasteiger partial charge in [-0.2, -0.15) is 0 Å². The first-order chi connectivity index (χ1) is 11.3. The Kier molecular flexibility index (Phi) is 8.36. The second-order valence-electron chi connectivity index (χ2n) is 6.64. The Hall–Kier alpha value is -1.98. The Balaban J connectivity index is 2.70. The van der Waals surface area contributed by atoms with Gasteiger partial charge < -0.3 is 10.2 Å². The normalized spacial score (nSPS) is 12.1. The van der Waals surface area contributed by atoms with Crippen LogP contribution in [0.3, 0.4) is 0 Å². The average molecular weight is 334 g/mol. The highest BCUT2D eigenvalue weighted by atomic mass is 16.2. The molecule has 24 heavy (non-hydrogen) atoms. The van der Waals surface area contributed by atoms with Crippen molar-refractivity contribution in [2.75, 3.05) is 13.1 Å². The number of carbonyl (C=O) groups excluding carboxylic acids is 2. The molecule has 0 aliphatic rings. The van der Waals surface area contributed by atoms with Gasteiger partial charge >= 0.3 is 0 Å². The van der Waals surface area contributed by atoms with Crippen LogP contribution in [-0.2, 0) is 4.79 Å². The third-order valence-electron chi connectivity index (χ3n) is 3.89. The molecule has 6 nitrogen and oxygen atoms in total. The Labute approximate surface area is 145 Å². The molecule has 0 aromatic carbocycles. The van der Waals surface area contributed by atoms with Crippen LogP contribution in [0, 0.1) is 12.8 Å². The number of hydrogen-bond donors (Lipinski definition) is 1. The predicted octanol–water partition coefficient (Wildman–Crippen LogP) is 2.58. The van der Waals surface area contributed by atoms with Crippen molar-refractivity contribution in [3.8, 4) is 0 Å². The van der Waals surface area contributed by atoms with Gasteiger partial charge in [-0.05, 0) is 32.6 Å². The molecule has 0 saturated carbocycles. The molecule has 1 atom stereocenters. The van der Waals surface area contributed by atoms with E-state index in [1.54, 1.807) is 11.1 Å². The van der Waals surface area contributed by atoms with E-state index < -0.39 is 0 Å². The van der Waals surface area contributed by atoms with Crippen molar-refractivity contribution in [2.45, 2.75) is 59.9 Å². The van der Waals surface area contributed by atoms with Gasteiger partial charge in [0.2, 0.25) is 5.91 Å². The first-order valence-corrected chi connectivity index (χ1v) is 8.70. The lowest BCUT2D eigenvalue weighted by molar-refractivity contribution is -0.121. The van der Waals surface area contributed by atoms with Crippen LogP contribution in [0.25, 0.3) is 0 Å². The molecule has 0 radical (unpaired) electrons. The van der Waals surface area contributed by atoms with E-state index in [4.69, 9.17) is 0 Å². The third-order valence-corrected chi connectivity index (χ3v) is 3.89. The largest absolute Gasteiger partial charge is 0.354 e. The lowest BCUT2D eigenvalue weighted by Gasteiger charge is -2.23. The summed E-state index contributed by atoms with van der Waals surface area (Å²) in [6.07, 6.45) is 5.16. The van der Waals surface area contributed by atoms with Gasteiger partial charge in [0.1, 0.15) is 5.69 Å². The van der Waals surface area contributed by atoms with Crippen molar-refractivity contribution in [1.82, 2.24) is 20.2 Å². The maximum atomic E-state index is 12.7. The van der Waals surface area contributed by atoms with Gasteiger partial charge in [-0.25, -0.2) is 4.98 Å². The molecule has 134 valence electrons. The number of amides is 2. The molecule has 1 aromatic heterocycles. The molecule has 1 aromatic rings. The Morgan fingerprint density at radius 1 is 1.17 bits per heavy atom. The quantitative estimate of drug-likeness (QED) is 0.753. The van der Waals surface area contributed by atoms with E-state index >= 15 is 0 Å². The van der Waals surface area contributed by atoms with Crippen LogP contribution >= 0.6 is 0 Å². The van der Waals surface area contributed by atoms with Crippen LogP contribution in [0.4, 0.5) is 0 Å². The van der Waals surface area contributed by atoms with Crippen molar-refractivity contribution < 1.29 is 9.59 Å². The van der Waals surface area contributed by atoms with Crippen LogP contribution in [0.1, 0.15) is 63.1 Å². The summed E-state index contributed by atoms with van der Waals surface area (Å²) < 4.78 is 0. The van der Waals surface area contributed by atoms with E-state index in [2.05, 4.69) is 29.1 Å². The minimum Gasteiger partial charge on any atom is -0.354 e. The fourth-order valence-electron chi connectivity index (χ4n) is 2.08. The molecule has 0 aliphatic carbocycles. The topological polar surface area (TPSA) is 75.2 Å². The van der Waals surface area contributed by atoms with Crippen LogP contribution in [0.5, 0.6) is 0 Å². The maximum Gasteiger partial charge on any atom is 0.274 e. The monoisotopic (exact) mass is 334 g/mol. The first-order valence-electron chi connectivity index (χ1n) is 8.70. The molecule has 0 saturated heterocycles. The van der Waals surface area contributed by atoms with Crippen molar-refractivity contribution in [1.29, 1.82) is 0 Å². The van der Waals surface area contributed by atoms with E-state index in [1.165, 1.54) is 6.20 Å². The number of nitrogens with zero attached hydrogens (tertiary/aromatic N) is 3. The summed E-state index contributed by atoms with van der Waals surface area (Å²) in [5.41, 5.74) is 1.10. The zero-order valence-electron chi connectivity index (χ0n) is 15.5. The maximum absolute atomic E-state index is 12.7. The van der Waals surface area contributed by atoms with E-state index in [0.717, 1.165) is 18.5 Å². The Morgan fingerprint density at radius 2 is 1.88 bits per heavy atom. The standard InChI is InChI=1S/C18H30N4O2/c1-6-14(4)21-17(23)8-10-22(9-7-13(2)3)18(24)16-12-19-15(5)11-20-16/h11-14H,6-10H2,1-5H3,(H,21,23). The van der Waals surface area contributed by atoms with Gasteiger partial charge in [-0.1, -0.05) is 20.8 Å². The zero-order valence-corrected chi connectivity index (χ0v) is 15.5. The predicted molar refractivity (Wildman–Crippen MR) is 94.6 cm³/mol. The smallest absolute Gasteiger partial charge is 0.274 e. The van der Waals surface area contributed by atoms with Gasteiger partial charge in [0.05, 0.1) is 11.9 Å². The first kappa shape index (κ1) is 20.1. The van der Waals surface area contributed by atoms with E-state index in [9.17, 15) is 9.59 Å². The third kappa shape index (κ3) is 7.06. The number of hydrogen-bond acceptors (Lipinski definition) is 4. The van der Waals surface area contributed by atoms with Crippen molar-refractivity contribution in [2.24, 2.45) is 5.92 Å². The van der Waals surface area contributed by atoms with Crippen molar-refractivity contribution in [3.63, 3.8) is 0 Å². The summed E-state index contributed by atoms with van der Waals surface area (Å²) in [5, 5.41) is 2.93. The second-order valence-corrected chi connectivity index (χ2v) is 6.64. The van der Waals surface area contributed by atoms with Gasteiger partial charge in [-0.3, -0.25) is 14.6 Å². The molecule has 0 bridgehead atoms. The fourth-order valence-corrected chi connectivity index (χ4v) is 2.08. The summed E-state index contributed by atoms with van der Waals surface area (Å²) in [5.74, 6) is 0.291. The number of nitrogens with one attached hydrogen (secondary N) is 1. The molecule has 2 amide bonds. The summed E-state index contributed by atoms with van der Waals surface area (Å²) in [6.45, 7) is 11.1. The highest BCUT2D eigenvalue weighted by Gasteiger charge is 2.19.